The minimum Gasteiger partial charge on any atom is -0.316 e. The van der Waals surface area contributed by atoms with Crippen molar-refractivity contribution in [2.45, 2.75) is 5.75 Å². The molecule has 0 saturated carbocycles. The van der Waals surface area contributed by atoms with Crippen LogP contribution >= 0.6 is 0 Å². The Kier molecular flexibility index (Phi) is 3.87. The van der Waals surface area contributed by atoms with Crippen molar-refractivity contribution in [3.8, 4) is 6.07 Å². The Labute approximate surface area is 102 Å². The molecular weight excluding hydrogens is 239 g/mol. The van der Waals surface area contributed by atoms with Gasteiger partial charge in [-0.15, -0.1) is 0 Å². The Morgan fingerprint density at radius 3 is 2.88 bits per heavy atom. The van der Waals surface area contributed by atoms with Crippen LogP contribution in [-0.2, 0) is 16.6 Å². The molecule has 1 aromatic rings. The molecule has 1 atom stereocenters. The fourth-order valence-electron chi connectivity index (χ4n) is 1.75. The number of halogens is 1. The van der Waals surface area contributed by atoms with Crippen LogP contribution in [0.1, 0.15) is 11.1 Å². The van der Waals surface area contributed by atoms with Crippen molar-refractivity contribution >= 4 is 10.8 Å². The molecule has 1 N–H and O–H groups in total. The quantitative estimate of drug-likeness (QED) is 0.875. The largest absolute Gasteiger partial charge is 0.316 e. The van der Waals surface area contributed by atoms with E-state index in [0.29, 0.717) is 22.8 Å². The van der Waals surface area contributed by atoms with Gasteiger partial charge in [-0.05, 0) is 29.7 Å². The van der Waals surface area contributed by atoms with Gasteiger partial charge < -0.3 is 5.32 Å². The van der Waals surface area contributed by atoms with E-state index in [9.17, 15) is 8.60 Å². The molecule has 0 amide bonds. The Bertz CT molecular complexity index is 480. The van der Waals surface area contributed by atoms with Crippen molar-refractivity contribution in [3.63, 3.8) is 0 Å². The Hall–Kier alpha value is -1.25. The Morgan fingerprint density at radius 2 is 2.29 bits per heavy atom. The van der Waals surface area contributed by atoms with E-state index in [1.54, 1.807) is 0 Å². The fourth-order valence-corrected chi connectivity index (χ4v) is 3.22. The number of hydrogen-bond acceptors (Lipinski definition) is 3. The van der Waals surface area contributed by atoms with Gasteiger partial charge in [0, 0.05) is 35.4 Å². The predicted octanol–water partition coefficient (Wildman–Crippen LogP) is 1.17. The molecule has 2 rings (SSSR count). The number of hydrogen-bond donors (Lipinski definition) is 1. The summed E-state index contributed by atoms with van der Waals surface area (Å²) in [6.45, 7) is 1.81. The molecule has 0 bridgehead atoms. The van der Waals surface area contributed by atoms with E-state index in [-0.39, 0.29) is 11.6 Å². The van der Waals surface area contributed by atoms with Crippen molar-refractivity contribution in [1.29, 1.82) is 5.26 Å². The van der Waals surface area contributed by atoms with Crippen molar-refractivity contribution in [2.24, 2.45) is 5.92 Å². The van der Waals surface area contributed by atoms with Crippen LogP contribution in [0.3, 0.4) is 0 Å². The lowest BCUT2D eigenvalue weighted by Gasteiger charge is -2.26. The van der Waals surface area contributed by atoms with Gasteiger partial charge in [-0.3, -0.25) is 4.21 Å². The Balaban J connectivity index is 2.04. The molecule has 1 aliphatic rings. The molecule has 1 aromatic carbocycles. The summed E-state index contributed by atoms with van der Waals surface area (Å²) in [6, 6.07) is 5.99. The van der Waals surface area contributed by atoms with Crippen LogP contribution in [0.5, 0.6) is 0 Å². The van der Waals surface area contributed by atoms with Crippen LogP contribution in [-0.4, -0.2) is 23.1 Å². The van der Waals surface area contributed by atoms with Gasteiger partial charge in [0.1, 0.15) is 5.82 Å². The molecule has 0 aliphatic carbocycles. The van der Waals surface area contributed by atoms with Crippen LogP contribution in [0.15, 0.2) is 18.2 Å². The number of rotatable bonds is 4. The normalized spacial score (nSPS) is 17.2. The zero-order valence-electron chi connectivity index (χ0n) is 9.28. The van der Waals surface area contributed by atoms with Crippen molar-refractivity contribution < 1.29 is 8.60 Å². The van der Waals surface area contributed by atoms with Gasteiger partial charge in [0.15, 0.2) is 0 Å². The number of nitriles is 1. The standard InChI is InChI=1S/C12H13FN2OS/c13-12-2-1-10(4-14)11(3-12)8-17(16)7-9-5-15-6-9/h1-3,9,15H,5-8H2. The maximum absolute atomic E-state index is 13.1. The van der Waals surface area contributed by atoms with Gasteiger partial charge in [0.05, 0.1) is 11.6 Å². The summed E-state index contributed by atoms with van der Waals surface area (Å²) < 4.78 is 24.9. The maximum atomic E-state index is 13.1. The summed E-state index contributed by atoms with van der Waals surface area (Å²) in [4.78, 5) is 0. The molecule has 17 heavy (non-hydrogen) atoms. The molecule has 1 aliphatic heterocycles. The van der Waals surface area contributed by atoms with E-state index < -0.39 is 10.8 Å². The summed E-state index contributed by atoms with van der Waals surface area (Å²) in [7, 11) is -1.03. The average Bonchev–Trinajstić information content (AvgIpc) is 2.24. The number of nitrogens with one attached hydrogen (secondary N) is 1. The number of benzene rings is 1. The molecule has 1 heterocycles. The summed E-state index contributed by atoms with van der Waals surface area (Å²) >= 11 is 0. The average molecular weight is 252 g/mol. The van der Waals surface area contributed by atoms with Gasteiger partial charge in [-0.25, -0.2) is 4.39 Å². The summed E-state index contributed by atoms with van der Waals surface area (Å²) in [5.41, 5.74) is 0.949. The van der Waals surface area contributed by atoms with E-state index >= 15 is 0 Å². The summed E-state index contributed by atoms with van der Waals surface area (Å²) in [5, 5.41) is 12.0. The summed E-state index contributed by atoms with van der Waals surface area (Å²) in [6.07, 6.45) is 0. The van der Waals surface area contributed by atoms with E-state index in [4.69, 9.17) is 5.26 Å². The third kappa shape index (κ3) is 3.11. The van der Waals surface area contributed by atoms with Gasteiger partial charge in [0.2, 0.25) is 0 Å². The SMILES string of the molecule is N#Cc1ccc(F)cc1CS(=O)CC1CNC1. The van der Waals surface area contributed by atoms with Crippen molar-refractivity contribution in [2.75, 3.05) is 18.8 Å². The molecule has 5 heteroatoms. The molecule has 0 spiro atoms. The molecule has 0 radical (unpaired) electrons. The first-order valence-corrected chi connectivity index (χ1v) is 6.92. The second-order valence-corrected chi connectivity index (χ2v) is 5.69. The highest BCUT2D eigenvalue weighted by Crippen LogP contribution is 2.15. The number of nitrogens with zero attached hydrogens (tertiary/aromatic N) is 1. The molecule has 1 unspecified atom stereocenters. The second-order valence-electron chi connectivity index (χ2n) is 4.19. The molecule has 3 nitrogen and oxygen atoms in total. The molecule has 1 fully saturated rings. The fraction of sp³-hybridized carbons (Fsp3) is 0.417. The molecule has 1 saturated heterocycles. The molecule has 0 aromatic heterocycles. The zero-order chi connectivity index (χ0) is 12.3. The monoisotopic (exact) mass is 252 g/mol. The van der Waals surface area contributed by atoms with E-state index in [2.05, 4.69) is 5.32 Å². The third-order valence-corrected chi connectivity index (χ3v) is 4.27. The zero-order valence-corrected chi connectivity index (χ0v) is 10.1. The molecular formula is C12H13FN2OS. The first-order valence-electron chi connectivity index (χ1n) is 5.43. The predicted molar refractivity (Wildman–Crippen MR) is 64.2 cm³/mol. The van der Waals surface area contributed by atoms with Crippen LogP contribution in [0.2, 0.25) is 0 Å². The van der Waals surface area contributed by atoms with Gasteiger partial charge in [-0.1, -0.05) is 0 Å². The van der Waals surface area contributed by atoms with Crippen LogP contribution in [0.4, 0.5) is 4.39 Å². The second kappa shape index (κ2) is 5.39. The lowest BCUT2D eigenvalue weighted by Crippen LogP contribution is -2.44. The van der Waals surface area contributed by atoms with Gasteiger partial charge in [-0.2, -0.15) is 5.26 Å². The van der Waals surface area contributed by atoms with Crippen molar-refractivity contribution in [3.05, 3.63) is 35.1 Å². The first-order chi connectivity index (χ1) is 8.19. The van der Waals surface area contributed by atoms with Gasteiger partial charge >= 0.3 is 0 Å². The topological polar surface area (TPSA) is 52.9 Å². The minimum absolute atomic E-state index is 0.261. The van der Waals surface area contributed by atoms with E-state index in [0.717, 1.165) is 13.1 Å². The first kappa shape index (κ1) is 12.2. The third-order valence-electron chi connectivity index (χ3n) is 2.79. The summed E-state index contributed by atoms with van der Waals surface area (Å²) in [5.74, 6) is 0.946. The van der Waals surface area contributed by atoms with Gasteiger partial charge in [0.25, 0.3) is 0 Å². The highest BCUT2D eigenvalue weighted by Gasteiger charge is 2.20. The lowest BCUT2D eigenvalue weighted by molar-refractivity contribution is 0.382. The minimum atomic E-state index is -1.03. The van der Waals surface area contributed by atoms with Crippen molar-refractivity contribution in [1.82, 2.24) is 5.32 Å². The van der Waals surface area contributed by atoms with Crippen LogP contribution < -0.4 is 5.32 Å². The molecule has 90 valence electrons. The van der Waals surface area contributed by atoms with E-state index in [1.807, 2.05) is 6.07 Å². The smallest absolute Gasteiger partial charge is 0.123 e. The van der Waals surface area contributed by atoms with E-state index in [1.165, 1.54) is 18.2 Å². The van der Waals surface area contributed by atoms with Crippen LogP contribution in [0.25, 0.3) is 0 Å². The lowest BCUT2D eigenvalue weighted by atomic mass is 10.1. The highest BCUT2D eigenvalue weighted by atomic mass is 32.2. The Morgan fingerprint density at radius 1 is 1.53 bits per heavy atom. The highest BCUT2D eigenvalue weighted by molar-refractivity contribution is 7.84. The van der Waals surface area contributed by atoms with Crippen LogP contribution in [0, 0.1) is 23.1 Å². The maximum Gasteiger partial charge on any atom is 0.123 e.